The summed E-state index contributed by atoms with van der Waals surface area (Å²) in [4.78, 5) is 16.1. The van der Waals surface area contributed by atoms with E-state index in [1.807, 2.05) is 19.1 Å². The van der Waals surface area contributed by atoms with Gasteiger partial charge in [-0.2, -0.15) is 0 Å². The normalized spacial score (nSPS) is 22.9. The van der Waals surface area contributed by atoms with E-state index in [-0.39, 0.29) is 24.2 Å². The Morgan fingerprint density at radius 2 is 2.29 bits per heavy atom. The molecule has 5 heteroatoms. The Labute approximate surface area is 108 Å². The molecule has 2 N–H and O–H groups in total. The van der Waals surface area contributed by atoms with Gasteiger partial charge in [0.15, 0.2) is 0 Å². The van der Waals surface area contributed by atoms with Crippen LogP contribution < -0.4 is 10.6 Å². The molecule has 2 atom stereocenters. The predicted octanol–water partition coefficient (Wildman–Crippen LogP) is 1.61. The minimum Gasteiger partial charge on any atom is -0.316 e. The van der Waals surface area contributed by atoms with Crippen LogP contribution in [0.15, 0.2) is 18.3 Å². The highest BCUT2D eigenvalue weighted by molar-refractivity contribution is 5.92. The molecular weight excluding hydrogens is 238 g/mol. The molecule has 17 heavy (non-hydrogen) atoms. The molecule has 0 saturated carbocycles. The van der Waals surface area contributed by atoms with Crippen molar-refractivity contribution in [2.75, 3.05) is 18.4 Å². The van der Waals surface area contributed by atoms with Crippen LogP contribution in [-0.4, -0.2) is 24.0 Å². The Morgan fingerprint density at radius 3 is 2.88 bits per heavy atom. The summed E-state index contributed by atoms with van der Waals surface area (Å²) in [6, 6.07) is 3.79. The van der Waals surface area contributed by atoms with Crippen molar-refractivity contribution < 1.29 is 4.79 Å². The molecule has 0 aromatic carbocycles. The standard InChI is InChI=1S/C12H17N3O.ClH/c1-8-3-4-14-11(5-8)15-12(16)10-7-13-6-9(10)2;/h3-5,9-10,13H,6-7H2,1-2H3,(H,14,15,16);1H/t9-,10-;/m1./s1. The number of halogens is 1. The van der Waals surface area contributed by atoms with Crippen molar-refractivity contribution in [3.8, 4) is 0 Å². The maximum absolute atomic E-state index is 11.9. The second-order valence-electron chi connectivity index (χ2n) is 4.45. The molecule has 2 heterocycles. The van der Waals surface area contributed by atoms with Gasteiger partial charge in [-0.3, -0.25) is 4.79 Å². The molecule has 1 amide bonds. The Morgan fingerprint density at radius 1 is 1.53 bits per heavy atom. The monoisotopic (exact) mass is 255 g/mol. The van der Waals surface area contributed by atoms with E-state index in [4.69, 9.17) is 0 Å². The van der Waals surface area contributed by atoms with Crippen molar-refractivity contribution in [2.24, 2.45) is 11.8 Å². The first-order valence-corrected chi connectivity index (χ1v) is 5.61. The molecule has 0 bridgehead atoms. The first kappa shape index (κ1) is 13.9. The van der Waals surface area contributed by atoms with Crippen molar-refractivity contribution >= 4 is 24.1 Å². The number of pyridine rings is 1. The number of aromatic nitrogens is 1. The summed E-state index contributed by atoms with van der Waals surface area (Å²) in [5, 5.41) is 6.08. The second kappa shape index (κ2) is 5.98. The summed E-state index contributed by atoms with van der Waals surface area (Å²) in [7, 11) is 0. The average molecular weight is 256 g/mol. The zero-order valence-electron chi connectivity index (χ0n) is 10.1. The second-order valence-corrected chi connectivity index (χ2v) is 4.45. The third-order valence-electron chi connectivity index (χ3n) is 3.02. The molecule has 1 aliphatic rings. The highest BCUT2D eigenvalue weighted by Gasteiger charge is 2.29. The Hall–Kier alpha value is -1.13. The molecule has 0 unspecified atom stereocenters. The molecule has 0 aliphatic carbocycles. The van der Waals surface area contributed by atoms with Crippen molar-refractivity contribution in [3.63, 3.8) is 0 Å². The highest BCUT2D eigenvalue weighted by Crippen LogP contribution is 2.17. The van der Waals surface area contributed by atoms with E-state index in [1.54, 1.807) is 6.20 Å². The van der Waals surface area contributed by atoms with Gasteiger partial charge in [0.1, 0.15) is 5.82 Å². The maximum Gasteiger partial charge on any atom is 0.230 e. The van der Waals surface area contributed by atoms with Crippen LogP contribution in [-0.2, 0) is 4.79 Å². The lowest BCUT2D eigenvalue weighted by Crippen LogP contribution is -2.28. The minimum absolute atomic E-state index is 0. The van der Waals surface area contributed by atoms with Gasteiger partial charge in [0, 0.05) is 12.7 Å². The van der Waals surface area contributed by atoms with Gasteiger partial charge < -0.3 is 10.6 Å². The van der Waals surface area contributed by atoms with E-state index in [9.17, 15) is 4.79 Å². The fraction of sp³-hybridized carbons (Fsp3) is 0.500. The number of nitrogens with zero attached hydrogens (tertiary/aromatic N) is 1. The first-order chi connectivity index (χ1) is 7.66. The van der Waals surface area contributed by atoms with Crippen molar-refractivity contribution in [3.05, 3.63) is 23.9 Å². The van der Waals surface area contributed by atoms with Gasteiger partial charge in [0.25, 0.3) is 0 Å². The largest absolute Gasteiger partial charge is 0.316 e. The molecule has 4 nitrogen and oxygen atoms in total. The summed E-state index contributed by atoms with van der Waals surface area (Å²) in [6.07, 6.45) is 1.71. The summed E-state index contributed by atoms with van der Waals surface area (Å²) < 4.78 is 0. The van der Waals surface area contributed by atoms with Crippen LogP contribution in [0.2, 0.25) is 0 Å². The number of hydrogen-bond donors (Lipinski definition) is 2. The molecule has 2 rings (SSSR count). The quantitative estimate of drug-likeness (QED) is 0.844. The van der Waals surface area contributed by atoms with Gasteiger partial charge in [0.2, 0.25) is 5.91 Å². The van der Waals surface area contributed by atoms with E-state index < -0.39 is 0 Å². The van der Waals surface area contributed by atoms with Crippen LogP contribution in [0.4, 0.5) is 5.82 Å². The fourth-order valence-corrected chi connectivity index (χ4v) is 1.98. The zero-order chi connectivity index (χ0) is 11.5. The van der Waals surface area contributed by atoms with E-state index >= 15 is 0 Å². The molecule has 94 valence electrons. The van der Waals surface area contributed by atoms with Gasteiger partial charge in [-0.1, -0.05) is 6.92 Å². The van der Waals surface area contributed by atoms with E-state index in [2.05, 4.69) is 22.5 Å². The van der Waals surface area contributed by atoms with Gasteiger partial charge in [-0.25, -0.2) is 4.98 Å². The van der Waals surface area contributed by atoms with E-state index in [0.29, 0.717) is 11.7 Å². The predicted molar refractivity (Wildman–Crippen MR) is 70.4 cm³/mol. The smallest absolute Gasteiger partial charge is 0.230 e. The summed E-state index contributed by atoms with van der Waals surface area (Å²) in [5.74, 6) is 1.16. The molecule has 0 spiro atoms. The Balaban J connectivity index is 0.00000144. The van der Waals surface area contributed by atoms with Gasteiger partial charge >= 0.3 is 0 Å². The lowest BCUT2D eigenvalue weighted by atomic mass is 9.97. The number of aryl methyl sites for hydroxylation is 1. The molecule has 1 aromatic heterocycles. The van der Waals surface area contributed by atoms with Crippen molar-refractivity contribution in [2.45, 2.75) is 13.8 Å². The Kier molecular flexibility index (Phi) is 4.90. The molecule has 1 aliphatic heterocycles. The van der Waals surface area contributed by atoms with Gasteiger partial charge in [-0.15, -0.1) is 12.4 Å². The Bertz CT molecular complexity index is 397. The third-order valence-corrected chi connectivity index (χ3v) is 3.02. The van der Waals surface area contributed by atoms with E-state index in [0.717, 1.165) is 18.7 Å². The molecule has 1 aromatic rings. The van der Waals surface area contributed by atoms with Gasteiger partial charge in [-0.05, 0) is 37.1 Å². The molecular formula is C12H18ClN3O. The summed E-state index contributed by atoms with van der Waals surface area (Å²) in [6.45, 7) is 5.75. The lowest BCUT2D eigenvalue weighted by Gasteiger charge is -2.13. The SMILES string of the molecule is Cc1ccnc(NC(=O)[C@@H]2CNC[C@H]2C)c1.Cl. The van der Waals surface area contributed by atoms with Crippen molar-refractivity contribution in [1.29, 1.82) is 0 Å². The van der Waals surface area contributed by atoms with Crippen LogP contribution in [0.5, 0.6) is 0 Å². The van der Waals surface area contributed by atoms with E-state index in [1.165, 1.54) is 0 Å². The zero-order valence-corrected chi connectivity index (χ0v) is 10.9. The third kappa shape index (κ3) is 3.41. The number of carbonyl (C=O) groups excluding carboxylic acids is 1. The summed E-state index contributed by atoms with van der Waals surface area (Å²) >= 11 is 0. The molecule has 0 radical (unpaired) electrons. The topological polar surface area (TPSA) is 54.0 Å². The van der Waals surface area contributed by atoms with Crippen LogP contribution in [0.3, 0.4) is 0 Å². The first-order valence-electron chi connectivity index (χ1n) is 5.61. The number of rotatable bonds is 2. The minimum atomic E-state index is 0. The lowest BCUT2D eigenvalue weighted by molar-refractivity contribution is -0.120. The highest BCUT2D eigenvalue weighted by atomic mass is 35.5. The number of amides is 1. The van der Waals surface area contributed by atoms with Crippen LogP contribution in [0.25, 0.3) is 0 Å². The molecule has 1 fully saturated rings. The number of anilines is 1. The van der Waals surface area contributed by atoms with Crippen LogP contribution in [0, 0.1) is 18.8 Å². The fourth-order valence-electron chi connectivity index (χ4n) is 1.98. The van der Waals surface area contributed by atoms with Crippen LogP contribution in [0.1, 0.15) is 12.5 Å². The number of carbonyl (C=O) groups is 1. The van der Waals surface area contributed by atoms with Crippen molar-refractivity contribution in [1.82, 2.24) is 10.3 Å². The van der Waals surface area contributed by atoms with Crippen LogP contribution >= 0.6 is 12.4 Å². The molecule has 1 saturated heterocycles. The number of nitrogens with one attached hydrogen (secondary N) is 2. The van der Waals surface area contributed by atoms with Gasteiger partial charge in [0.05, 0.1) is 5.92 Å². The summed E-state index contributed by atoms with van der Waals surface area (Å²) in [5.41, 5.74) is 1.10. The number of hydrogen-bond acceptors (Lipinski definition) is 3. The average Bonchev–Trinajstić information content (AvgIpc) is 2.64. The maximum atomic E-state index is 11.9.